The van der Waals surface area contributed by atoms with E-state index in [2.05, 4.69) is 10.6 Å². The number of nitrogens with two attached hydrogens (primary N) is 1. The van der Waals surface area contributed by atoms with Crippen LogP contribution in [0.4, 0.5) is 47.8 Å². The number of halogens is 7. The quantitative estimate of drug-likeness (QED) is 0.0825. The lowest BCUT2D eigenvalue weighted by molar-refractivity contribution is -0.143. The highest BCUT2D eigenvalue weighted by molar-refractivity contribution is 6.13. The molecule has 0 spiro atoms. The van der Waals surface area contributed by atoms with Crippen LogP contribution in [0.5, 0.6) is 0 Å². The zero-order chi connectivity index (χ0) is 34.4. The van der Waals surface area contributed by atoms with E-state index >= 15 is 0 Å². The summed E-state index contributed by atoms with van der Waals surface area (Å²) in [6.45, 7) is 0. The molecule has 3 aromatic carbocycles. The fourth-order valence-corrected chi connectivity index (χ4v) is 5.24. The summed E-state index contributed by atoms with van der Waals surface area (Å²) in [6.07, 6.45) is -4.39. The number of aryl methyl sites for hydroxylation is 1. The summed E-state index contributed by atoms with van der Waals surface area (Å²) in [5, 5.41) is 5.43. The lowest BCUT2D eigenvalue weighted by Crippen LogP contribution is -2.16. The molecule has 0 atom stereocenters. The van der Waals surface area contributed by atoms with Gasteiger partial charge in [0.25, 0.3) is 0 Å². The van der Waals surface area contributed by atoms with Crippen LogP contribution in [-0.4, -0.2) is 17.6 Å². The molecule has 2 amide bonds. The molecule has 0 aromatic heterocycles. The molecule has 6 nitrogen and oxygen atoms in total. The maximum atomic E-state index is 13.2. The maximum absolute atomic E-state index is 13.2. The number of nitrogen functional groups attached to an aromatic ring is 1. The minimum absolute atomic E-state index is 0.0375. The van der Waals surface area contributed by atoms with Crippen molar-refractivity contribution in [1.82, 2.24) is 0 Å². The Balaban J connectivity index is 1.24. The van der Waals surface area contributed by atoms with Gasteiger partial charge < -0.3 is 16.4 Å². The Morgan fingerprint density at radius 2 is 1.34 bits per heavy atom. The van der Waals surface area contributed by atoms with Crippen LogP contribution in [0.2, 0.25) is 0 Å². The highest BCUT2D eigenvalue weighted by atomic mass is 19.4. The molecule has 250 valence electrons. The van der Waals surface area contributed by atoms with Crippen molar-refractivity contribution in [3.63, 3.8) is 0 Å². The van der Waals surface area contributed by atoms with Crippen LogP contribution in [-0.2, 0) is 28.4 Å². The molecule has 1 aliphatic rings. The number of fused-ring (bicyclic) bond motifs is 1. The molecule has 0 fully saturated rings. The summed E-state index contributed by atoms with van der Waals surface area (Å²) in [6, 6.07) is 9.58. The minimum Gasteiger partial charge on any atom is -0.397 e. The molecule has 0 radical (unpaired) electrons. The van der Waals surface area contributed by atoms with E-state index in [0.717, 1.165) is 31.4 Å². The number of unbranched alkanes of at least 4 members (excludes halogenated alkanes) is 4. The van der Waals surface area contributed by atoms with Gasteiger partial charge >= 0.3 is 12.4 Å². The van der Waals surface area contributed by atoms with Crippen LogP contribution in [0.25, 0.3) is 6.08 Å². The monoisotopic (exact) mass is 663 g/mol. The van der Waals surface area contributed by atoms with E-state index in [1.54, 1.807) is 6.07 Å². The molecule has 3 aromatic rings. The molecular formula is C34H32F7N3O3. The first-order chi connectivity index (χ1) is 22.1. The van der Waals surface area contributed by atoms with E-state index in [0.29, 0.717) is 48.3 Å². The van der Waals surface area contributed by atoms with Crippen LogP contribution in [0.3, 0.4) is 0 Å². The number of nitrogens with one attached hydrogen (secondary N) is 2. The van der Waals surface area contributed by atoms with Crippen molar-refractivity contribution in [2.75, 3.05) is 16.4 Å². The molecule has 0 heterocycles. The Hall–Kier alpha value is -4.68. The Morgan fingerprint density at radius 3 is 1.94 bits per heavy atom. The Morgan fingerprint density at radius 1 is 0.745 bits per heavy atom. The predicted molar refractivity (Wildman–Crippen MR) is 164 cm³/mol. The number of benzene rings is 3. The third-order valence-corrected chi connectivity index (χ3v) is 7.64. The van der Waals surface area contributed by atoms with Gasteiger partial charge in [-0.25, -0.2) is 4.39 Å². The van der Waals surface area contributed by atoms with Crippen molar-refractivity contribution in [1.29, 1.82) is 0 Å². The third kappa shape index (κ3) is 9.90. The van der Waals surface area contributed by atoms with Crippen molar-refractivity contribution in [2.45, 2.75) is 70.1 Å². The van der Waals surface area contributed by atoms with Gasteiger partial charge in [0.05, 0.1) is 22.5 Å². The summed E-state index contributed by atoms with van der Waals surface area (Å²) in [5.41, 5.74) is 4.32. The molecule has 4 N–H and O–H groups in total. The highest BCUT2D eigenvalue weighted by Gasteiger charge is 2.37. The van der Waals surface area contributed by atoms with Crippen LogP contribution < -0.4 is 16.4 Å². The van der Waals surface area contributed by atoms with Gasteiger partial charge in [-0.3, -0.25) is 14.4 Å². The van der Waals surface area contributed by atoms with Crippen molar-refractivity contribution in [3.05, 3.63) is 93.8 Å². The number of alkyl halides is 6. The molecule has 0 aliphatic heterocycles. The highest BCUT2D eigenvalue weighted by Crippen LogP contribution is 2.37. The first-order valence-electron chi connectivity index (χ1n) is 14.9. The number of carbonyl (C=O) groups is 3. The zero-order valence-corrected chi connectivity index (χ0v) is 25.1. The van der Waals surface area contributed by atoms with Gasteiger partial charge in [-0.15, -0.1) is 0 Å². The number of hydrogen-bond acceptors (Lipinski definition) is 4. The summed E-state index contributed by atoms with van der Waals surface area (Å²) < 4.78 is 92.6. The number of carbonyl (C=O) groups excluding carboxylic acids is 3. The number of amides is 2. The molecule has 47 heavy (non-hydrogen) atoms. The number of anilines is 3. The zero-order valence-electron chi connectivity index (χ0n) is 25.1. The lowest BCUT2D eigenvalue weighted by Gasteiger charge is -2.19. The van der Waals surface area contributed by atoms with E-state index in [1.807, 2.05) is 0 Å². The second-order valence-electron chi connectivity index (χ2n) is 11.3. The molecule has 13 heteroatoms. The molecule has 0 saturated heterocycles. The second-order valence-corrected chi connectivity index (χ2v) is 11.3. The summed E-state index contributed by atoms with van der Waals surface area (Å²) in [5.74, 6) is -1.45. The molecular weight excluding hydrogens is 631 g/mol. The third-order valence-electron chi connectivity index (χ3n) is 7.64. The van der Waals surface area contributed by atoms with Crippen molar-refractivity contribution in [2.24, 2.45) is 0 Å². The first kappa shape index (κ1) is 35.2. The largest absolute Gasteiger partial charge is 0.416 e. The smallest absolute Gasteiger partial charge is 0.397 e. The molecule has 0 saturated carbocycles. The van der Waals surface area contributed by atoms with E-state index < -0.39 is 35.1 Å². The van der Waals surface area contributed by atoms with Gasteiger partial charge in [0.2, 0.25) is 11.8 Å². The normalized spacial score (nSPS) is 14.2. The summed E-state index contributed by atoms with van der Waals surface area (Å²) >= 11 is 0. The van der Waals surface area contributed by atoms with Crippen LogP contribution in [0, 0.1) is 5.82 Å². The molecule has 0 unspecified atom stereocenters. The molecule has 0 bridgehead atoms. The van der Waals surface area contributed by atoms with Crippen molar-refractivity contribution in [3.8, 4) is 0 Å². The number of Topliss-reactive ketones (excluding diaryl/α,β-unsaturated/α-hetero) is 1. The van der Waals surface area contributed by atoms with Crippen molar-refractivity contribution < 1.29 is 45.1 Å². The molecule has 4 rings (SSSR count). The number of rotatable bonds is 11. The average Bonchev–Trinajstić information content (AvgIpc) is 2.98. The fourth-order valence-electron chi connectivity index (χ4n) is 5.24. The van der Waals surface area contributed by atoms with Crippen molar-refractivity contribution >= 4 is 40.7 Å². The SMILES string of the molecule is Nc1cc(F)ccc1NC(=O)CCCCCCCC(=O)Nc1ccc2c(c1)CC/C(=C\c1cc(C(F)(F)F)cc(C(F)(F)F)c1)C2=O. The number of allylic oxidation sites excluding steroid dienone is 1. The summed E-state index contributed by atoms with van der Waals surface area (Å²) in [4.78, 5) is 37.6. The maximum Gasteiger partial charge on any atom is 0.416 e. The van der Waals surface area contributed by atoms with Gasteiger partial charge in [0.1, 0.15) is 5.82 Å². The fraction of sp³-hybridized carbons (Fsp3) is 0.324. The van der Waals surface area contributed by atoms with Gasteiger partial charge in [-0.05, 0) is 97.5 Å². The van der Waals surface area contributed by atoms with Crippen LogP contribution in [0.1, 0.15) is 84.0 Å². The van der Waals surface area contributed by atoms with E-state index in [4.69, 9.17) is 5.73 Å². The second kappa shape index (κ2) is 14.8. The predicted octanol–water partition coefficient (Wildman–Crippen LogP) is 8.97. The summed E-state index contributed by atoms with van der Waals surface area (Å²) in [7, 11) is 0. The van der Waals surface area contributed by atoms with Crippen LogP contribution in [0.15, 0.2) is 60.2 Å². The van der Waals surface area contributed by atoms with E-state index in [1.165, 1.54) is 24.3 Å². The molecule has 1 aliphatic carbocycles. The average molecular weight is 664 g/mol. The standard InChI is InChI=1S/C34H32F7N3O3/c35-25-10-13-29(28(42)19-25)44-31(46)7-5-3-1-2-4-6-30(45)43-26-11-12-27-21(17-26)8-9-22(32(27)47)14-20-15-23(33(36,37)38)18-24(16-20)34(39,40)41/h10-19H,1-9,42H2,(H,43,45)(H,44,46)/b22-14+. The van der Waals surface area contributed by atoms with Gasteiger partial charge in [-0.2, -0.15) is 26.3 Å². The van der Waals surface area contributed by atoms with E-state index in [9.17, 15) is 45.1 Å². The lowest BCUT2D eigenvalue weighted by atomic mass is 9.85. The first-order valence-corrected chi connectivity index (χ1v) is 14.9. The number of hydrogen-bond donors (Lipinski definition) is 3. The minimum atomic E-state index is -5.00. The van der Waals surface area contributed by atoms with E-state index in [-0.39, 0.29) is 59.5 Å². The topological polar surface area (TPSA) is 101 Å². The Kier molecular flexibility index (Phi) is 11.1. The number of ketones is 1. The van der Waals surface area contributed by atoms with Crippen LogP contribution >= 0.6 is 0 Å². The van der Waals surface area contributed by atoms with Gasteiger partial charge in [-0.1, -0.05) is 19.3 Å². The van der Waals surface area contributed by atoms with Gasteiger partial charge in [0.15, 0.2) is 5.78 Å². The Labute approximate surface area is 266 Å². The van der Waals surface area contributed by atoms with Gasteiger partial charge in [0, 0.05) is 29.7 Å². The Bertz CT molecular complexity index is 1650.